The van der Waals surface area contributed by atoms with Gasteiger partial charge in [-0.3, -0.25) is 4.79 Å². The molecule has 2 saturated heterocycles. The van der Waals surface area contributed by atoms with Gasteiger partial charge < -0.3 is 10.2 Å². The van der Waals surface area contributed by atoms with Gasteiger partial charge in [-0.05, 0) is 52.0 Å². The first-order valence-corrected chi connectivity index (χ1v) is 7.61. The Balaban J connectivity index is 2.01. The molecule has 0 spiro atoms. The van der Waals surface area contributed by atoms with Gasteiger partial charge in [-0.25, -0.2) is 0 Å². The van der Waals surface area contributed by atoms with E-state index in [0.717, 1.165) is 25.9 Å². The minimum atomic E-state index is 0.258. The van der Waals surface area contributed by atoms with Gasteiger partial charge in [0.05, 0.1) is 0 Å². The first-order valence-electron chi connectivity index (χ1n) is 7.61. The van der Waals surface area contributed by atoms with Gasteiger partial charge in [0.15, 0.2) is 0 Å². The molecule has 0 bridgehead atoms. The summed E-state index contributed by atoms with van der Waals surface area (Å²) in [6.45, 7) is 8.66. The minimum absolute atomic E-state index is 0.258. The van der Waals surface area contributed by atoms with Crippen LogP contribution in [0.15, 0.2) is 0 Å². The second kappa shape index (κ2) is 6.05. The number of hydrogen-bond acceptors (Lipinski definition) is 2. The predicted octanol–water partition coefficient (Wildman–Crippen LogP) is 2.41. The summed E-state index contributed by atoms with van der Waals surface area (Å²) in [6, 6.07) is 0.931. The van der Waals surface area contributed by atoms with Crippen molar-refractivity contribution in [3.63, 3.8) is 0 Å². The molecule has 2 fully saturated rings. The van der Waals surface area contributed by atoms with Crippen molar-refractivity contribution < 1.29 is 4.79 Å². The summed E-state index contributed by atoms with van der Waals surface area (Å²) in [5.41, 5.74) is 0. The van der Waals surface area contributed by atoms with Crippen LogP contribution in [0.3, 0.4) is 0 Å². The molecule has 0 aromatic heterocycles. The maximum atomic E-state index is 12.7. The van der Waals surface area contributed by atoms with E-state index in [-0.39, 0.29) is 5.92 Å². The van der Waals surface area contributed by atoms with Crippen molar-refractivity contribution >= 4 is 5.91 Å². The standard InChI is InChI=1S/C15H28N2O/c1-11-5-4-6-13(3)17(10-11)15(18)14-7-8-16-12(2)9-14/h11-14,16H,4-10H2,1-3H3/t11?,12-,13?,14-/m0/s1. The lowest BCUT2D eigenvalue weighted by Gasteiger charge is -2.35. The van der Waals surface area contributed by atoms with E-state index in [4.69, 9.17) is 0 Å². The third-order valence-electron chi connectivity index (χ3n) is 4.62. The predicted molar refractivity (Wildman–Crippen MR) is 74.4 cm³/mol. The molecule has 4 atom stereocenters. The zero-order valence-corrected chi connectivity index (χ0v) is 12.1. The van der Waals surface area contributed by atoms with Gasteiger partial charge in [0.2, 0.25) is 5.91 Å². The molecule has 2 aliphatic rings. The van der Waals surface area contributed by atoms with Gasteiger partial charge in [0, 0.05) is 24.5 Å². The minimum Gasteiger partial charge on any atom is -0.339 e. The van der Waals surface area contributed by atoms with Crippen LogP contribution >= 0.6 is 0 Å². The number of piperidine rings is 1. The number of nitrogens with one attached hydrogen (secondary N) is 1. The van der Waals surface area contributed by atoms with E-state index in [9.17, 15) is 4.79 Å². The summed E-state index contributed by atoms with van der Waals surface area (Å²) < 4.78 is 0. The van der Waals surface area contributed by atoms with Crippen LogP contribution in [0.1, 0.15) is 52.9 Å². The molecule has 0 aromatic carbocycles. The molecule has 2 unspecified atom stereocenters. The number of amides is 1. The molecule has 1 N–H and O–H groups in total. The van der Waals surface area contributed by atoms with Crippen LogP contribution in [0.25, 0.3) is 0 Å². The summed E-state index contributed by atoms with van der Waals surface area (Å²) in [4.78, 5) is 14.9. The average Bonchev–Trinajstić information content (AvgIpc) is 2.50. The average molecular weight is 252 g/mol. The highest BCUT2D eigenvalue weighted by molar-refractivity contribution is 5.79. The third kappa shape index (κ3) is 3.25. The highest BCUT2D eigenvalue weighted by atomic mass is 16.2. The summed E-state index contributed by atoms with van der Waals surface area (Å²) in [7, 11) is 0. The Kier molecular flexibility index (Phi) is 4.66. The van der Waals surface area contributed by atoms with Crippen molar-refractivity contribution in [3.8, 4) is 0 Å². The lowest BCUT2D eigenvalue weighted by Crippen LogP contribution is -2.47. The number of hydrogen-bond donors (Lipinski definition) is 1. The van der Waals surface area contributed by atoms with E-state index in [1.54, 1.807) is 0 Å². The van der Waals surface area contributed by atoms with Gasteiger partial charge in [-0.15, -0.1) is 0 Å². The van der Waals surface area contributed by atoms with E-state index >= 15 is 0 Å². The summed E-state index contributed by atoms with van der Waals surface area (Å²) in [5, 5.41) is 3.43. The maximum absolute atomic E-state index is 12.7. The highest BCUT2D eigenvalue weighted by Gasteiger charge is 2.32. The van der Waals surface area contributed by atoms with Crippen molar-refractivity contribution in [2.24, 2.45) is 11.8 Å². The topological polar surface area (TPSA) is 32.3 Å². The highest BCUT2D eigenvalue weighted by Crippen LogP contribution is 2.25. The Labute approximate surface area is 111 Å². The maximum Gasteiger partial charge on any atom is 0.226 e. The number of carbonyl (C=O) groups is 1. The van der Waals surface area contributed by atoms with Gasteiger partial charge in [-0.2, -0.15) is 0 Å². The smallest absolute Gasteiger partial charge is 0.226 e. The van der Waals surface area contributed by atoms with E-state index in [1.807, 2.05) is 0 Å². The van der Waals surface area contributed by atoms with E-state index in [1.165, 1.54) is 19.3 Å². The summed E-state index contributed by atoms with van der Waals surface area (Å²) in [6.07, 6.45) is 5.75. The molecule has 104 valence electrons. The quantitative estimate of drug-likeness (QED) is 0.777. The number of carbonyl (C=O) groups excluding carboxylic acids is 1. The molecule has 18 heavy (non-hydrogen) atoms. The van der Waals surface area contributed by atoms with Crippen LogP contribution in [0, 0.1) is 11.8 Å². The SMILES string of the molecule is CC1CCCC(C)N(C(=O)[C@H]2CCN[C@@H](C)C2)C1. The number of rotatable bonds is 1. The largest absolute Gasteiger partial charge is 0.339 e. The zero-order valence-electron chi connectivity index (χ0n) is 12.1. The lowest BCUT2D eigenvalue weighted by molar-refractivity contribution is -0.139. The van der Waals surface area contributed by atoms with Gasteiger partial charge in [0.25, 0.3) is 0 Å². The monoisotopic (exact) mass is 252 g/mol. The fraction of sp³-hybridized carbons (Fsp3) is 0.933. The van der Waals surface area contributed by atoms with Crippen LogP contribution in [-0.4, -0.2) is 36.0 Å². The molecular weight excluding hydrogens is 224 g/mol. The van der Waals surface area contributed by atoms with E-state index in [2.05, 4.69) is 31.0 Å². The zero-order chi connectivity index (χ0) is 13.1. The van der Waals surface area contributed by atoms with Crippen LogP contribution < -0.4 is 5.32 Å². The normalized spacial score (nSPS) is 38.3. The molecule has 3 nitrogen and oxygen atoms in total. The molecule has 0 aliphatic carbocycles. The van der Waals surface area contributed by atoms with Crippen LogP contribution in [0.4, 0.5) is 0 Å². The first kappa shape index (κ1) is 13.9. The number of likely N-dealkylation sites (tertiary alicyclic amines) is 1. The van der Waals surface area contributed by atoms with Crippen LogP contribution in [0.2, 0.25) is 0 Å². The van der Waals surface area contributed by atoms with Crippen molar-refractivity contribution in [1.82, 2.24) is 10.2 Å². The third-order valence-corrected chi connectivity index (χ3v) is 4.62. The Morgan fingerprint density at radius 2 is 1.94 bits per heavy atom. The Bertz CT molecular complexity index is 292. The van der Waals surface area contributed by atoms with Crippen LogP contribution in [0.5, 0.6) is 0 Å². The molecule has 2 aliphatic heterocycles. The van der Waals surface area contributed by atoms with Crippen molar-refractivity contribution in [1.29, 1.82) is 0 Å². The first-order chi connectivity index (χ1) is 8.58. The second-order valence-electron chi connectivity index (χ2n) is 6.45. The molecule has 2 rings (SSSR count). The van der Waals surface area contributed by atoms with Crippen molar-refractivity contribution in [2.45, 2.75) is 65.0 Å². The van der Waals surface area contributed by atoms with Crippen molar-refractivity contribution in [3.05, 3.63) is 0 Å². The molecule has 0 radical (unpaired) electrons. The molecule has 2 heterocycles. The fourth-order valence-electron chi connectivity index (χ4n) is 3.42. The molecular formula is C15H28N2O. The molecule has 0 saturated carbocycles. The van der Waals surface area contributed by atoms with E-state index in [0.29, 0.717) is 23.9 Å². The summed E-state index contributed by atoms with van der Waals surface area (Å²) >= 11 is 0. The van der Waals surface area contributed by atoms with Crippen LogP contribution in [-0.2, 0) is 4.79 Å². The Morgan fingerprint density at radius 3 is 2.67 bits per heavy atom. The van der Waals surface area contributed by atoms with Gasteiger partial charge in [0.1, 0.15) is 0 Å². The van der Waals surface area contributed by atoms with Crippen molar-refractivity contribution in [2.75, 3.05) is 13.1 Å². The molecule has 3 heteroatoms. The second-order valence-corrected chi connectivity index (χ2v) is 6.45. The van der Waals surface area contributed by atoms with Gasteiger partial charge >= 0.3 is 0 Å². The van der Waals surface area contributed by atoms with E-state index < -0.39 is 0 Å². The lowest BCUT2D eigenvalue weighted by atomic mass is 9.91. The Morgan fingerprint density at radius 1 is 1.17 bits per heavy atom. The Hall–Kier alpha value is -0.570. The summed E-state index contributed by atoms with van der Waals surface area (Å²) in [5.74, 6) is 1.34. The van der Waals surface area contributed by atoms with Gasteiger partial charge in [-0.1, -0.05) is 13.3 Å². The number of nitrogens with zero attached hydrogens (tertiary/aromatic N) is 1. The molecule has 1 amide bonds. The fourth-order valence-corrected chi connectivity index (χ4v) is 3.42. The molecule has 0 aromatic rings.